The molecule has 1 aromatic carbocycles. The van der Waals surface area contributed by atoms with Gasteiger partial charge in [0, 0.05) is 16.8 Å². The lowest BCUT2D eigenvalue weighted by Gasteiger charge is -2.17. The second kappa shape index (κ2) is 7.34. The average Bonchev–Trinajstić information content (AvgIpc) is 2.81. The molecule has 1 N–H and O–H groups in total. The van der Waals surface area contributed by atoms with Crippen LogP contribution in [0.3, 0.4) is 0 Å². The standard InChI is InChI=1S/C16H16Cl2N2O2S/c1-9-7-11(10(2)23-9)16(22)20(3)8-14(21)19-15-12(17)5-4-6-13(15)18/h4-7H,8H2,1-3H3,(H,19,21). The Bertz CT molecular complexity index is 738. The van der Waals surface area contributed by atoms with Gasteiger partial charge in [-0.25, -0.2) is 0 Å². The van der Waals surface area contributed by atoms with Crippen molar-refractivity contribution >= 4 is 52.0 Å². The molecule has 0 fully saturated rings. The molecule has 0 atom stereocenters. The van der Waals surface area contributed by atoms with Crippen LogP contribution in [0.25, 0.3) is 0 Å². The number of nitrogens with zero attached hydrogens (tertiary/aromatic N) is 1. The minimum Gasteiger partial charge on any atom is -0.332 e. The predicted molar refractivity (Wildman–Crippen MR) is 95.8 cm³/mol. The molecule has 0 spiro atoms. The van der Waals surface area contributed by atoms with Gasteiger partial charge >= 0.3 is 0 Å². The van der Waals surface area contributed by atoms with Gasteiger partial charge in [-0.15, -0.1) is 11.3 Å². The summed E-state index contributed by atoms with van der Waals surface area (Å²) in [5.41, 5.74) is 0.975. The van der Waals surface area contributed by atoms with Crippen LogP contribution in [0.5, 0.6) is 0 Å². The minimum atomic E-state index is -0.361. The molecule has 0 bridgehead atoms. The van der Waals surface area contributed by atoms with E-state index in [9.17, 15) is 9.59 Å². The highest BCUT2D eigenvalue weighted by atomic mass is 35.5. The number of nitrogens with one attached hydrogen (secondary N) is 1. The van der Waals surface area contributed by atoms with Gasteiger partial charge in [-0.1, -0.05) is 29.3 Å². The number of carbonyl (C=O) groups excluding carboxylic acids is 2. The molecule has 0 aliphatic heterocycles. The fraction of sp³-hybridized carbons (Fsp3) is 0.250. The Labute approximate surface area is 149 Å². The second-order valence-electron chi connectivity index (χ2n) is 5.13. The maximum Gasteiger partial charge on any atom is 0.255 e. The molecular formula is C16H16Cl2N2O2S. The number of carbonyl (C=O) groups is 2. The van der Waals surface area contributed by atoms with E-state index in [4.69, 9.17) is 23.2 Å². The summed E-state index contributed by atoms with van der Waals surface area (Å²) in [4.78, 5) is 27.9. The molecule has 1 heterocycles. The van der Waals surface area contributed by atoms with Gasteiger partial charge in [-0.05, 0) is 32.0 Å². The number of halogens is 2. The number of hydrogen-bond acceptors (Lipinski definition) is 3. The van der Waals surface area contributed by atoms with E-state index in [1.165, 1.54) is 4.90 Å². The summed E-state index contributed by atoms with van der Waals surface area (Å²) in [6.07, 6.45) is 0. The summed E-state index contributed by atoms with van der Waals surface area (Å²) < 4.78 is 0. The van der Waals surface area contributed by atoms with Crippen molar-refractivity contribution in [3.8, 4) is 0 Å². The van der Waals surface area contributed by atoms with Crippen molar-refractivity contribution in [1.29, 1.82) is 0 Å². The molecule has 0 radical (unpaired) electrons. The maximum atomic E-state index is 12.4. The summed E-state index contributed by atoms with van der Waals surface area (Å²) in [6, 6.07) is 6.80. The molecule has 0 unspecified atom stereocenters. The van der Waals surface area contributed by atoms with Crippen LogP contribution in [-0.4, -0.2) is 30.3 Å². The Morgan fingerprint density at radius 1 is 1.22 bits per heavy atom. The van der Waals surface area contributed by atoms with Gasteiger partial charge in [-0.3, -0.25) is 9.59 Å². The Kier molecular flexibility index (Phi) is 5.68. The van der Waals surface area contributed by atoms with Crippen molar-refractivity contribution in [2.75, 3.05) is 18.9 Å². The summed E-state index contributed by atoms with van der Waals surface area (Å²) >= 11 is 13.6. The molecule has 122 valence electrons. The van der Waals surface area contributed by atoms with E-state index >= 15 is 0 Å². The molecule has 2 amide bonds. The first-order chi connectivity index (χ1) is 10.8. The third-order valence-corrected chi connectivity index (χ3v) is 4.82. The lowest BCUT2D eigenvalue weighted by molar-refractivity contribution is -0.116. The van der Waals surface area contributed by atoms with Gasteiger partial charge < -0.3 is 10.2 Å². The summed E-state index contributed by atoms with van der Waals surface area (Å²) in [5, 5.41) is 3.34. The van der Waals surface area contributed by atoms with Gasteiger partial charge in [-0.2, -0.15) is 0 Å². The van der Waals surface area contributed by atoms with Gasteiger partial charge in [0.2, 0.25) is 5.91 Å². The topological polar surface area (TPSA) is 49.4 Å². The van der Waals surface area contributed by atoms with Crippen molar-refractivity contribution in [2.24, 2.45) is 0 Å². The highest BCUT2D eigenvalue weighted by molar-refractivity contribution is 7.12. The summed E-state index contributed by atoms with van der Waals surface area (Å²) in [7, 11) is 1.59. The summed E-state index contributed by atoms with van der Waals surface area (Å²) in [6.45, 7) is 3.75. The highest BCUT2D eigenvalue weighted by Gasteiger charge is 2.19. The van der Waals surface area contributed by atoms with Crippen LogP contribution < -0.4 is 5.32 Å². The number of likely N-dealkylation sites (N-methyl/N-ethyl adjacent to an activating group) is 1. The van der Waals surface area contributed by atoms with E-state index in [0.29, 0.717) is 21.3 Å². The van der Waals surface area contributed by atoms with Crippen LogP contribution >= 0.6 is 34.5 Å². The number of anilines is 1. The molecule has 7 heteroatoms. The molecule has 23 heavy (non-hydrogen) atoms. The molecule has 4 nitrogen and oxygen atoms in total. The van der Waals surface area contributed by atoms with Crippen LogP contribution in [0, 0.1) is 13.8 Å². The Morgan fingerprint density at radius 3 is 2.35 bits per heavy atom. The smallest absolute Gasteiger partial charge is 0.255 e. The highest BCUT2D eigenvalue weighted by Crippen LogP contribution is 2.29. The van der Waals surface area contributed by atoms with Crippen LogP contribution in [0.15, 0.2) is 24.3 Å². The number of aryl methyl sites for hydroxylation is 2. The molecule has 0 saturated heterocycles. The van der Waals surface area contributed by atoms with Gasteiger partial charge in [0.25, 0.3) is 5.91 Å². The zero-order valence-corrected chi connectivity index (χ0v) is 15.3. The van der Waals surface area contributed by atoms with E-state index < -0.39 is 0 Å². The SMILES string of the molecule is Cc1cc(C(=O)N(C)CC(=O)Nc2c(Cl)cccc2Cl)c(C)s1. The van der Waals surface area contributed by atoms with Crippen LogP contribution in [0.1, 0.15) is 20.1 Å². The van der Waals surface area contributed by atoms with Crippen LogP contribution in [-0.2, 0) is 4.79 Å². The number of rotatable bonds is 4. The van der Waals surface area contributed by atoms with E-state index in [2.05, 4.69) is 5.32 Å². The van der Waals surface area contributed by atoms with Gasteiger partial charge in [0.1, 0.15) is 0 Å². The van der Waals surface area contributed by atoms with E-state index in [0.717, 1.165) is 9.75 Å². The van der Waals surface area contributed by atoms with Crippen molar-refractivity contribution in [3.05, 3.63) is 49.6 Å². The number of hydrogen-bond donors (Lipinski definition) is 1. The van der Waals surface area contributed by atoms with Crippen molar-refractivity contribution in [2.45, 2.75) is 13.8 Å². The summed E-state index contributed by atoms with van der Waals surface area (Å²) in [5.74, 6) is -0.548. The van der Waals surface area contributed by atoms with Crippen LogP contribution in [0.4, 0.5) is 5.69 Å². The number of thiophene rings is 1. The first kappa shape index (κ1) is 17.8. The molecular weight excluding hydrogens is 355 g/mol. The van der Waals surface area contributed by atoms with Gasteiger partial charge in [0.05, 0.1) is 27.8 Å². The lowest BCUT2D eigenvalue weighted by Crippen LogP contribution is -2.35. The normalized spacial score (nSPS) is 10.5. The quantitative estimate of drug-likeness (QED) is 0.867. The van der Waals surface area contributed by atoms with Crippen molar-refractivity contribution < 1.29 is 9.59 Å². The lowest BCUT2D eigenvalue weighted by atomic mass is 10.2. The Morgan fingerprint density at radius 2 is 1.83 bits per heavy atom. The van der Waals surface area contributed by atoms with Crippen molar-refractivity contribution in [1.82, 2.24) is 4.90 Å². The minimum absolute atomic E-state index is 0.0886. The van der Waals surface area contributed by atoms with E-state index in [-0.39, 0.29) is 18.4 Å². The number of para-hydroxylation sites is 1. The average molecular weight is 371 g/mol. The molecule has 1 aromatic heterocycles. The molecule has 0 aliphatic carbocycles. The first-order valence-electron chi connectivity index (χ1n) is 6.86. The third-order valence-electron chi connectivity index (χ3n) is 3.23. The zero-order chi connectivity index (χ0) is 17.1. The fourth-order valence-electron chi connectivity index (χ4n) is 2.13. The molecule has 2 aromatic rings. The predicted octanol–water partition coefficient (Wildman–Crippen LogP) is 4.38. The Balaban J connectivity index is 2.05. The monoisotopic (exact) mass is 370 g/mol. The van der Waals surface area contributed by atoms with Gasteiger partial charge in [0.15, 0.2) is 0 Å². The molecule has 0 saturated carbocycles. The number of amides is 2. The first-order valence-corrected chi connectivity index (χ1v) is 8.43. The van der Waals surface area contributed by atoms with Crippen molar-refractivity contribution in [3.63, 3.8) is 0 Å². The second-order valence-corrected chi connectivity index (χ2v) is 7.41. The van der Waals surface area contributed by atoms with Crippen LogP contribution in [0.2, 0.25) is 10.0 Å². The third kappa shape index (κ3) is 4.25. The van der Waals surface area contributed by atoms with E-state index in [1.807, 2.05) is 19.9 Å². The zero-order valence-electron chi connectivity index (χ0n) is 12.9. The fourth-order valence-corrected chi connectivity index (χ4v) is 3.54. The van der Waals surface area contributed by atoms with E-state index in [1.54, 1.807) is 36.6 Å². The number of benzene rings is 1. The molecule has 0 aliphatic rings. The maximum absolute atomic E-state index is 12.4. The Hall–Kier alpha value is -1.56. The largest absolute Gasteiger partial charge is 0.332 e. The molecule has 2 rings (SSSR count).